The standard InChI is InChI=1S/C15H16Cl2N4/c16-11-6-4-10(5-7-11)14(9-2-1-3-9)20-13-8-12(17)19-15(18)21-13/h4-9,14H,1-3H2,(H3,18,19,20,21). The summed E-state index contributed by atoms with van der Waals surface area (Å²) >= 11 is 11.9. The summed E-state index contributed by atoms with van der Waals surface area (Å²) in [5.74, 6) is 1.41. The van der Waals surface area contributed by atoms with Crippen molar-refractivity contribution in [3.8, 4) is 0 Å². The highest BCUT2D eigenvalue weighted by Crippen LogP contribution is 2.39. The van der Waals surface area contributed by atoms with Crippen LogP contribution in [0.3, 0.4) is 0 Å². The number of benzene rings is 1. The third-order valence-corrected chi connectivity index (χ3v) is 4.31. The van der Waals surface area contributed by atoms with Crippen molar-refractivity contribution in [2.45, 2.75) is 25.3 Å². The van der Waals surface area contributed by atoms with E-state index in [1.807, 2.05) is 24.3 Å². The molecule has 1 saturated carbocycles. The average Bonchev–Trinajstić information content (AvgIpc) is 2.35. The zero-order valence-corrected chi connectivity index (χ0v) is 12.9. The van der Waals surface area contributed by atoms with Gasteiger partial charge in [-0.05, 0) is 36.5 Å². The summed E-state index contributed by atoms with van der Waals surface area (Å²) in [4.78, 5) is 8.08. The number of nitrogens with zero attached hydrogens (tertiary/aromatic N) is 2. The van der Waals surface area contributed by atoms with Gasteiger partial charge in [-0.3, -0.25) is 0 Å². The van der Waals surface area contributed by atoms with Crippen LogP contribution in [0.4, 0.5) is 11.8 Å². The summed E-state index contributed by atoms with van der Waals surface area (Å²) in [5.41, 5.74) is 6.84. The van der Waals surface area contributed by atoms with E-state index >= 15 is 0 Å². The highest BCUT2D eigenvalue weighted by molar-refractivity contribution is 6.30. The molecule has 0 bridgehead atoms. The molecular formula is C15H16Cl2N4. The molecule has 3 N–H and O–H groups in total. The Bertz CT molecular complexity index is 606. The maximum Gasteiger partial charge on any atom is 0.223 e. The first-order chi connectivity index (χ1) is 10.1. The van der Waals surface area contributed by atoms with E-state index in [0.717, 1.165) is 5.02 Å². The molecule has 1 aliphatic rings. The minimum Gasteiger partial charge on any atom is -0.368 e. The Morgan fingerprint density at radius 1 is 1.14 bits per heavy atom. The molecule has 1 aromatic carbocycles. The van der Waals surface area contributed by atoms with Gasteiger partial charge < -0.3 is 11.1 Å². The monoisotopic (exact) mass is 322 g/mol. The number of nitrogens with one attached hydrogen (secondary N) is 1. The van der Waals surface area contributed by atoms with Crippen molar-refractivity contribution in [3.05, 3.63) is 46.1 Å². The summed E-state index contributed by atoms with van der Waals surface area (Å²) in [5, 5.41) is 4.52. The summed E-state index contributed by atoms with van der Waals surface area (Å²) < 4.78 is 0. The van der Waals surface area contributed by atoms with Crippen LogP contribution in [0.15, 0.2) is 30.3 Å². The van der Waals surface area contributed by atoms with Crippen molar-refractivity contribution in [3.63, 3.8) is 0 Å². The van der Waals surface area contributed by atoms with E-state index in [2.05, 4.69) is 15.3 Å². The van der Waals surface area contributed by atoms with Crippen molar-refractivity contribution in [1.82, 2.24) is 9.97 Å². The SMILES string of the molecule is Nc1nc(Cl)cc(NC(c2ccc(Cl)cc2)C2CCC2)n1. The summed E-state index contributed by atoms with van der Waals surface area (Å²) in [6.45, 7) is 0. The zero-order chi connectivity index (χ0) is 14.8. The maximum absolute atomic E-state index is 5.97. The van der Waals surface area contributed by atoms with Crippen LogP contribution in [-0.2, 0) is 0 Å². The largest absolute Gasteiger partial charge is 0.368 e. The van der Waals surface area contributed by atoms with Gasteiger partial charge in [-0.25, -0.2) is 4.98 Å². The van der Waals surface area contributed by atoms with Crippen molar-refractivity contribution in [1.29, 1.82) is 0 Å². The molecule has 0 aliphatic heterocycles. The van der Waals surface area contributed by atoms with Crippen LogP contribution in [0.1, 0.15) is 30.9 Å². The van der Waals surface area contributed by atoms with E-state index in [4.69, 9.17) is 28.9 Å². The fourth-order valence-corrected chi connectivity index (χ4v) is 2.90. The van der Waals surface area contributed by atoms with Crippen LogP contribution in [0, 0.1) is 5.92 Å². The number of hydrogen-bond donors (Lipinski definition) is 2. The Balaban J connectivity index is 1.87. The lowest BCUT2D eigenvalue weighted by atomic mass is 9.77. The first kappa shape index (κ1) is 14.4. The Morgan fingerprint density at radius 3 is 2.43 bits per heavy atom. The number of rotatable bonds is 4. The Kier molecular flexibility index (Phi) is 4.17. The molecule has 0 saturated heterocycles. The number of nitrogens with two attached hydrogens (primary N) is 1. The topological polar surface area (TPSA) is 63.8 Å². The predicted molar refractivity (Wildman–Crippen MR) is 86.6 cm³/mol. The van der Waals surface area contributed by atoms with Crippen LogP contribution < -0.4 is 11.1 Å². The third-order valence-electron chi connectivity index (χ3n) is 3.87. The van der Waals surface area contributed by atoms with E-state index in [9.17, 15) is 0 Å². The van der Waals surface area contributed by atoms with Crippen molar-refractivity contribution in [2.24, 2.45) is 5.92 Å². The molecule has 0 radical (unpaired) electrons. The quantitative estimate of drug-likeness (QED) is 0.823. The molecule has 1 aliphatic carbocycles. The number of hydrogen-bond acceptors (Lipinski definition) is 4. The average molecular weight is 323 g/mol. The van der Waals surface area contributed by atoms with E-state index in [1.54, 1.807) is 6.07 Å². The molecule has 2 aromatic rings. The van der Waals surface area contributed by atoms with Crippen LogP contribution in [-0.4, -0.2) is 9.97 Å². The molecular weight excluding hydrogens is 307 g/mol. The Morgan fingerprint density at radius 2 is 1.86 bits per heavy atom. The number of anilines is 2. The number of aromatic nitrogens is 2. The first-order valence-corrected chi connectivity index (χ1v) is 7.69. The van der Waals surface area contributed by atoms with E-state index in [1.165, 1.54) is 24.8 Å². The first-order valence-electron chi connectivity index (χ1n) is 6.94. The fourth-order valence-electron chi connectivity index (χ4n) is 2.59. The van der Waals surface area contributed by atoms with E-state index in [-0.39, 0.29) is 12.0 Å². The second-order valence-electron chi connectivity index (χ2n) is 5.30. The third kappa shape index (κ3) is 3.39. The van der Waals surface area contributed by atoms with Crippen molar-refractivity contribution < 1.29 is 0 Å². The molecule has 1 heterocycles. The molecule has 21 heavy (non-hydrogen) atoms. The second-order valence-corrected chi connectivity index (χ2v) is 6.12. The van der Waals surface area contributed by atoms with Gasteiger partial charge in [0.05, 0.1) is 6.04 Å². The molecule has 1 fully saturated rings. The predicted octanol–water partition coefficient (Wildman–Crippen LogP) is 4.32. The minimum absolute atomic E-state index is 0.175. The minimum atomic E-state index is 0.175. The van der Waals surface area contributed by atoms with Gasteiger partial charge in [0.1, 0.15) is 11.0 Å². The smallest absolute Gasteiger partial charge is 0.223 e. The van der Waals surface area contributed by atoms with Crippen LogP contribution >= 0.6 is 23.2 Å². The molecule has 1 aromatic heterocycles. The van der Waals surface area contributed by atoms with Crippen molar-refractivity contribution in [2.75, 3.05) is 11.1 Å². The van der Waals surface area contributed by atoms with Gasteiger partial charge in [0.2, 0.25) is 5.95 Å². The number of nitrogen functional groups attached to an aromatic ring is 1. The molecule has 4 nitrogen and oxygen atoms in total. The highest BCUT2D eigenvalue weighted by atomic mass is 35.5. The molecule has 0 amide bonds. The van der Waals surface area contributed by atoms with Gasteiger partial charge >= 0.3 is 0 Å². The number of halogens is 2. The molecule has 1 atom stereocenters. The zero-order valence-electron chi connectivity index (χ0n) is 11.4. The Labute approximate surface area is 133 Å². The summed E-state index contributed by atoms with van der Waals surface area (Å²) in [6.07, 6.45) is 3.67. The van der Waals surface area contributed by atoms with E-state index in [0.29, 0.717) is 16.9 Å². The summed E-state index contributed by atoms with van der Waals surface area (Å²) in [7, 11) is 0. The second kappa shape index (κ2) is 6.08. The summed E-state index contributed by atoms with van der Waals surface area (Å²) in [6, 6.07) is 9.78. The lowest BCUT2D eigenvalue weighted by molar-refractivity contribution is 0.277. The lowest BCUT2D eigenvalue weighted by Gasteiger charge is -2.35. The van der Waals surface area contributed by atoms with Crippen molar-refractivity contribution >= 4 is 35.0 Å². The van der Waals surface area contributed by atoms with Gasteiger partial charge in [-0.2, -0.15) is 4.98 Å². The molecule has 3 rings (SSSR count). The van der Waals surface area contributed by atoms with Gasteiger partial charge in [-0.15, -0.1) is 0 Å². The van der Waals surface area contributed by atoms with Crippen LogP contribution in [0.5, 0.6) is 0 Å². The highest BCUT2D eigenvalue weighted by Gasteiger charge is 2.28. The van der Waals surface area contributed by atoms with Crippen LogP contribution in [0.2, 0.25) is 10.2 Å². The normalized spacial score (nSPS) is 16.3. The fraction of sp³-hybridized carbons (Fsp3) is 0.333. The van der Waals surface area contributed by atoms with Gasteiger partial charge in [-0.1, -0.05) is 41.8 Å². The van der Waals surface area contributed by atoms with Gasteiger partial charge in [0, 0.05) is 11.1 Å². The van der Waals surface area contributed by atoms with Crippen LogP contribution in [0.25, 0.3) is 0 Å². The molecule has 0 spiro atoms. The molecule has 110 valence electrons. The maximum atomic E-state index is 5.97. The van der Waals surface area contributed by atoms with Gasteiger partial charge in [0.15, 0.2) is 0 Å². The van der Waals surface area contributed by atoms with E-state index < -0.39 is 0 Å². The molecule has 6 heteroatoms. The molecule has 1 unspecified atom stereocenters. The lowest BCUT2D eigenvalue weighted by Crippen LogP contribution is -2.26. The Hall–Kier alpha value is -1.52. The van der Waals surface area contributed by atoms with Gasteiger partial charge in [0.25, 0.3) is 0 Å².